The molecule has 0 atom stereocenters. The van der Waals surface area contributed by atoms with Gasteiger partial charge in [-0.25, -0.2) is 0 Å². The normalized spacial score (nSPS) is 16.9. The third-order valence-electron chi connectivity index (χ3n) is 2.93. The van der Waals surface area contributed by atoms with Crippen LogP contribution in [0.15, 0.2) is 12.1 Å². The van der Waals surface area contributed by atoms with E-state index in [2.05, 4.69) is 36.2 Å². The van der Waals surface area contributed by atoms with E-state index >= 15 is 0 Å². The predicted octanol–water partition coefficient (Wildman–Crippen LogP) is 2.37. The lowest BCUT2D eigenvalue weighted by Crippen LogP contribution is -2.43. The molecule has 1 aliphatic rings. The monoisotopic (exact) mass is 224 g/mol. The number of hydrogen-bond donors (Lipinski definition) is 1. The molecule has 1 fully saturated rings. The Balaban J connectivity index is 2.30. The zero-order chi connectivity index (χ0) is 10.8. The summed E-state index contributed by atoms with van der Waals surface area (Å²) in [6.07, 6.45) is 0. The molecule has 2 nitrogen and oxygen atoms in total. The summed E-state index contributed by atoms with van der Waals surface area (Å²) in [6, 6.07) is 4.26. The summed E-state index contributed by atoms with van der Waals surface area (Å²) in [5.41, 5.74) is 3.77. The summed E-state index contributed by atoms with van der Waals surface area (Å²) < 4.78 is 0. The number of nitrogens with zero attached hydrogens (tertiary/aromatic N) is 1. The molecule has 2 rings (SSSR count). The maximum absolute atomic E-state index is 6.09. The Hall–Kier alpha value is -0.730. The minimum absolute atomic E-state index is 0.867. The molecule has 1 heterocycles. The molecular weight excluding hydrogens is 208 g/mol. The van der Waals surface area contributed by atoms with Crippen molar-refractivity contribution in [2.45, 2.75) is 13.8 Å². The number of aryl methyl sites for hydroxylation is 2. The van der Waals surface area contributed by atoms with Gasteiger partial charge in [0.15, 0.2) is 0 Å². The zero-order valence-electron chi connectivity index (χ0n) is 9.31. The van der Waals surface area contributed by atoms with Gasteiger partial charge in [-0.2, -0.15) is 0 Å². The maximum atomic E-state index is 6.09. The fraction of sp³-hybridized carbons (Fsp3) is 0.500. The van der Waals surface area contributed by atoms with E-state index in [0.717, 1.165) is 36.8 Å². The molecule has 1 N–H and O–H groups in total. The van der Waals surface area contributed by atoms with Crippen LogP contribution in [0.4, 0.5) is 5.69 Å². The van der Waals surface area contributed by atoms with Crippen molar-refractivity contribution in [2.75, 3.05) is 31.1 Å². The molecule has 0 saturated carbocycles. The molecule has 0 spiro atoms. The number of rotatable bonds is 1. The third kappa shape index (κ3) is 2.27. The van der Waals surface area contributed by atoms with Crippen LogP contribution in [-0.4, -0.2) is 26.2 Å². The number of hydrogen-bond acceptors (Lipinski definition) is 2. The predicted molar refractivity (Wildman–Crippen MR) is 66.0 cm³/mol. The average molecular weight is 225 g/mol. The van der Waals surface area contributed by atoms with Crippen molar-refractivity contribution in [1.82, 2.24) is 5.32 Å². The molecule has 82 valence electrons. The summed E-state index contributed by atoms with van der Waals surface area (Å²) in [5.74, 6) is 0. The minimum atomic E-state index is 0.867. The summed E-state index contributed by atoms with van der Waals surface area (Å²) in [6.45, 7) is 8.50. The van der Waals surface area contributed by atoms with Crippen molar-refractivity contribution in [1.29, 1.82) is 0 Å². The lowest BCUT2D eigenvalue weighted by atomic mass is 10.1. The van der Waals surface area contributed by atoms with E-state index < -0.39 is 0 Å². The van der Waals surface area contributed by atoms with Gasteiger partial charge in [0.2, 0.25) is 0 Å². The number of nitrogens with one attached hydrogen (secondary N) is 1. The topological polar surface area (TPSA) is 15.3 Å². The minimum Gasteiger partial charge on any atom is -0.369 e. The van der Waals surface area contributed by atoms with Crippen LogP contribution in [0.2, 0.25) is 5.02 Å². The van der Waals surface area contributed by atoms with E-state index in [9.17, 15) is 0 Å². The van der Waals surface area contributed by atoms with E-state index in [4.69, 9.17) is 11.6 Å². The second kappa shape index (κ2) is 4.42. The van der Waals surface area contributed by atoms with Crippen LogP contribution >= 0.6 is 11.6 Å². The first-order chi connectivity index (χ1) is 7.18. The van der Waals surface area contributed by atoms with Crippen LogP contribution in [0, 0.1) is 13.8 Å². The van der Waals surface area contributed by atoms with Crippen LogP contribution in [0.1, 0.15) is 11.1 Å². The maximum Gasteiger partial charge on any atom is 0.0439 e. The molecule has 3 heteroatoms. The second-order valence-corrected chi connectivity index (χ2v) is 4.53. The molecule has 0 amide bonds. The molecule has 1 saturated heterocycles. The Morgan fingerprint density at radius 1 is 1.13 bits per heavy atom. The Morgan fingerprint density at radius 3 is 2.47 bits per heavy atom. The Morgan fingerprint density at radius 2 is 1.80 bits per heavy atom. The fourth-order valence-corrected chi connectivity index (χ4v) is 2.23. The lowest BCUT2D eigenvalue weighted by molar-refractivity contribution is 0.588. The highest BCUT2D eigenvalue weighted by Gasteiger charge is 2.13. The molecule has 0 radical (unpaired) electrons. The first kappa shape index (κ1) is 10.8. The van der Waals surface area contributed by atoms with Crippen LogP contribution in [0.3, 0.4) is 0 Å². The first-order valence-corrected chi connectivity index (χ1v) is 5.78. The molecular formula is C12H17ClN2. The van der Waals surface area contributed by atoms with Gasteiger partial charge in [-0.05, 0) is 37.1 Å². The van der Waals surface area contributed by atoms with Gasteiger partial charge in [0.25, 0.3) is 0 Å². The molecule has 0 aliphatic carbocycles. The Bertz CT molecular complexity index is 357. The summed E-state index contributed by atoms with van der Waals surface area (Å²) >= 11 is 6.09. The van der Waals surface area contributed by atoms with Gasteiger partial charge in [0, 0.05) is 36.9 Å². The van der Waals surface area contributed by atoms with Crippen LogP contribution in [0.5, 0.6) is 0 Å². The molecule has 15 heavy (non-hydrogen) atoms. The largest absolute Gasteiger partial charge is 0.369 e. The van der Waals surface area contributed by atoms with Gasteiger partial charge < -0.3 is 10.2 Å². The van der Waals surface area contributed by atoms with Crippen LogP contribution < -0.4 is 10.2 Å². The number of anilines is 1. The van der Waals surface area contributed by atoms with Gasteiger partial charge in [-0.3, -0.25) is 0 Å². The van der Waals surface area contributed by atoms with Gasteiger partial charge in [0.1, 0.15) is 0 Å². The standard InChI is InChI=1S/C12H17ClN2/c1-9-8-12(10(2)7-11(9)13)15-5-3-14-4-6-15/h7-8,14H,3-6H2,1-2H3. The highest BCUT2D eigenvalue weighted by molar-refractivity contribution is 6.31. The first-order valence-electron chi connectivity index (χ1n) is 5.41. The Labute approximate surface area is 96.2 Å². The van der Waals surface area contributed by atoms with Crippen LogP contribution in [0.25, 0.3) is 0 Å². The van der Waals surface area contributed by atoms with Crippen molar-refractivity contribution in [3.63, 3.8) is 0 Å². The quantitative estimate of drug-likeness (QED) is 0.788. The molecule has 1 aromatic rings. The van der Waals surface area contributed by atoms with Crippen molar-refractivity contribution < 1.29 is 0 Å². The molecule has 0 unspecified atom stereocenters. The van der Waals surface area contributed by atoms with Gasteiger partial charge in [-0.1, -0.05) is 11.6 Å². The zero-order valence-corrected chi connectivity index (χ0v) is 10.1. The van der Waals surface area contributed by atoms with E-state index in [0.29, 0.717) is 0 Å². The fourth-order valence-electron chi connectivity index (χ4n) is 2.01. The van der Waals surface area contributed by atoms with Gasteiger partial charge in [-0.15, -0.1) is 0 Å². The third-order valence-corrected chi connectivity index (χ3v) is 3.34. The Kier molecular flexibility index (Phi) is 3.17. The van der Waals surface area contributed by atoms with Crippen molar-refractivity contribution >= 4 is 17.3 Å². The van der Waals surface area contributed by atoms with E-state index in [1.54, 1.807) is 0 Å². The number of benzene rings is 1. The van der Waals surface area contributed by atoms with Crippen molar-refractivity contribution in [2.24, 2.45) is 0 Å². The second-order valence-electron chi connectivity index (χ2n) is 4.12. The van der Waals surface area contributed by atoms with Gasteiger partial charge >= 0.3 is 0 Å². The van der Waals surface area contributed by atoms with E-state index in [1.807, 2.05) is 0 Å². The average Bonchev–Trinajstić information content (AvgIpc) is 2.25. The highest BCUT2D eigenvalue weighted by Crippen LogP contribution is 2.27. The van der Waals surface area contributed by atoms with Gasteiger partial charge in [0.05, 0.1) is 0 Å². The van der Waals surface area contributed by atoms with E-state index in [-0.39, 0.29) is 0 Å². The van der Waals surface area contributed by atoms with Crippen LogP contribution in [-0.2, 0) is 0 Å². The smallest absolute Gasteiger partial charge is 0.0439 e. The molecule has 0 aromatic heterocycles. The highest BCUT2D eigenvalue weighted by atomic mass is 35.5. The summed E-state index contributed by atoms with van der Waals surface area (Å²) in [7, 11) is 0. The molecule has 1 aromatic carbocycles. The molecule has 1 aliphatic heterocycles. The SMILES string of the molecule is Cc1cc(N2CCNCC2)c(C)cc1Cl. The number of halogens is 1. The lowest BCUT2D eigenvalue weighted by Gasteiger charge is -2.31. The van der Waals surface area contributed by atoms with Crippen molar-refractivity contribution in [3.05, 3.63) is 28.3 Å². The summed E-state index contributed by atoms with van der Waals surface area (Å²) in [5, 5.41) is 4.23. The van der Waals surface area contributed by atoms with Crippen molar-refractivity contribution in [3.8, 4) is 0 Å². The molecule has 0 bridgehead atoms. The summed E-state index contributed by atoms with van der Waals surface area (Å²) in [4.78, 5) is 2.43. The van der Waals surface area contributed by atoms with E-state index in [1.165, 1.54) is 11.3 Å². The number of piperazine rings is 1.